The second-order valence-electron chi connectivity index (χ2n) is 4.96. The third kappa shape index (κ3) is 2.02. The Kier molecular flexibility index (Phi) is 3.06. The lowest BCUT2D eigenvalue weighted by Crippen LogP contribution is -2.21. The summed E-state index contributed by atoms with van der Waals surface area (Å²) in [6.07, 6.45) is 0.719. The minimum Gasteiger partial charge on any atom is -0.392 e. The van der Waals surface area contributed by atoms with Gasteiger partial charge in [-0.2, -0.15) is 5.10 Å². The fourth-order valence-corrected chi connectivity index (χ4v) is 2.72. The number of benzene rings is 1. The van der Waals surface area contributed by atoms with Crippen LogP contribution >= 0.6 is 0 Å². The molecule has 0 spiro atoms. The second-order valence-corrected chi connectivity index (χ2v) is 4.96. The molecule has 1 aromatic heterocycles. The number of fused-ring (bicyclic) bond motifs is 1. The normalized spacial score (nSPS) is 20.9. The first kappa shape index (κ1) is 11.7. The maximum Gasteiger partial charge on any atom is 0.0843 e. The van der Waals surface area contributed by atoms with E-state index in [9.17, 15) is 5.11 Å². The Bertz CT molecular complexity index is 549. The molecule has 0 aliphatic carbocycles. The summed E-state index contributed by atoms with van der Waals surface area (Å²) in [5, 5.41) is 15.5. The topological polar surface area (TPSA) is 41.3 Å². The number of para-hydroxylation sites is 1. The molecule has 1 atom stereocenters. The Balaban J connectivity index is 1.92. The van der Waals surface area contributed by atoms with Gasteiger partial charge < -0.3 is 5.11 Å². The summed E-state index contributed by atoms with van der Waals surface area (Å²) >= 11 is 0. The van der Waals surface area contributed by atoms with Crippen molar-refractivity contribution in [3.8, 4) is 0 Å². The zero-order valence-corrected chi connectivity index (χ0v) is 10.7. The Morgan fingerprint density at radius 1 is 1.39 bits per heavy atom. The monoisotopic (exact) mass is 245 g/mol. The number of hydrogen-bond donors (Lipinski definition) is 1. The van der Waals surface area contributed by atoms with Gasteiger partial charge in [-0.05, 0) is 19.4 Å². The standard InChI is InChI=1S/C14H19N3O/c1-2-17-14-6-4-3-5-12(14)13(15-17)10-16-8-7-11(18)9-16/h3-6,11,18H,2,7-10H2,1H3/t11-/m0/s1. The van der Waals surface area contributed by atoms with E-state index in [2.05, 4.69) is 45.9 Å². The summed E-state index contributed by atoms with van der Waals surface area (Å²) in [4.78, 5) is 2.28. The Morgan fingerprint density at radius 2 is 2.22 bits per heavy atom. The quantitative estimate of drug-likeness (QED) is 0.893. The molecule has 0 bridgehead atoms. The number of rotatable bonds is 3. The van der Waals surface area contributed by atoms with Crippen molar-refractivity contribution in [1.82, 2.24) is 14.7 Å². The van der Waals surface area contributed by atoms with Gasteiger partial charge in [0.25, 0.3) is 0 Å². The number of aliphatic hydroxyl groups excluding tert-OH is 1. The SMILES string of the molecule is CCn1nc(CN2CC[C@H](O)C2)c2ccccc21. The number of aryl methyl sites for hydroxylation is 1. The first-order chi connectivity index (χ1) is 8.78. The van der Waals surface area contributed by atoms with Crippen LogP contribution < -0.4 is 0 Å². The van der Waals surface area contributed by atoms with Crippen molar-refractivity contribution < 1.29 is 5.11 Å². The molecule has 2 aromatic rings. The van der Waals surface area contributed by atoms with Gasteiger partial charge in [-0.3, -0.25) is 9.58 Å². The molecule has 3 rings (SSSR count). The number of aliphatic hydroxyl groups is 1. The van der Waals surface area contributed by atoms with Crippen LogP contribution in [-0.4, -0.2) is 39.0 Å². The largest absolute Gasteiger partial charge is 0.392 e. The molecule has 18 heavy (non-hydrogen) atoms. The Morgan fingerprint density at radius 3 is 2.94 bits per heavy atom. The van der Waals surface area contributed by atoms with E-state index >= 15 is 0 Å². The molecule has 0 radical (unpaired) electrons. The third-order valence-electron chi connectivity index (χ3n) is 3.65. The maximum atomic E-state index is 9.57. The molecule has 0 amide bonds. The van der Waals surface area contributed by atoms with E-state index in [1.54, 1.807) is 0 Å². The van der Waals surface area contributed by atoms with E-state index in [0.717, 1.165) is 38.3 Å². The van der Waals surface area contributed by atoms with Crippen LogP contribution in [0.4, 0.5) is 0 Å². The zero-order valence-electron chi connectivity index (χ0n) is 10.7. The summed E-state index contributed by atoms with van der Waals surface area (Å²) in [7, 11) is 0. The summed E-state index contributed by atoms with van der Waals surface area (Å²) in [5.74, 6) is 0. The molecule has 4 heteroatoms. The lowest BCUT2D eigenvalue weighted by atomic mass is 10.2. The summed E-state index contributed by atoms with van der Waals surface area (Å²) < 4.78 is 2.05. The number of likely N-dealkylation sites (tertiary alicyclic amines) is 1. The van der Waals surface area contributed by atoms with Crippen molar-refractivity contribution in [3.05, 3.63) is 30.0 Å². The van der Waals surface area contributed by atoms with Crippen molar-refractivity contribution in [2.75, 3.05) is 13.1 Å². The van der Waals surface area contributed by atoms with Crippen LogP contribution in [0.25, 0.3) is 10.9 Å². The van der Waals surface area contributed by atoms with Crippen LogP contribution in [0.2, 0.25) is 0 Å². The van der Waals surface area contributed by atoms with Gasteiger partial charge in [0.15, 0.2) is 0 Å². The lowest BCUT2D eigenvalue weighted by Gasteiger charge is -2.12. The minimum absolute atomic E-state index is 0.162. The van der Waals surface area contributed by atoms with Gasteiger partial charge >= 0.3 is 0 Å². The molecule has 96 valence electrons. The molecule has 1 aromatic carbocycles. The van der Waals surface area contributed by atoms with Gasteiger partial charge in [0.1, 0.15) is 0 Å². The third-order valence-corrected chi connectivity index (χ3v) is 3.65. The zero-order chi connectivity index (χ0) is 12.5. The van der Waals surface area contributed by atoms with E-state index < -0.39 is 0 Å². The molecule has 1 fully saturated rings. The number of aromatic nitrogens is 2. The highest BCUT2D eigenvalue weighted by Crippen LogP contribution is 2.21. The first-order valence-corrected chi connectivity index (χ1v) is 6.62. The highest BCUT2D eigenvalue weighted by atomic mass is 16.3. The van der Waals surface area contributed by atoms with Crippen molar-refractivity contribution >= 4 is 10.9 Å². The smallest absolute Gasteiger partial charge is 0.0843 e. The average molecular weight is 245 g/mol. The number of hydrogen-bond acceptors (Lipinski definition) is 3. The highest BCUT2D eigenvalue weighted by molar-refractivity contribution is 5.81. The molecule has 2 heterocycles. The van der Waals surface area contributed by atoms with Gasteiger partial charge in [-0.25, -0.2) is 0 Å². The fourth-order valence-electron chi connectivity index (χ4n) is 2.72. The molecular weight excluding hydrogens is 226 g/mol. The van der Waals surface area contributed by atoms with Crippen molar-refractivity contribution in [2.24, 2.45) is 0 Å². The van der Waals surface area contributed by atoms with Crippen LogP contribution in [0.3, 0.4) is 0 Å². The van der Waals surface area contributed by atoms with E-state index in [-0.39, 0.29) is 6.10 Å². The van der Waals surface area contributed by atoms with Crippen LogP contribution in [0.1, 0.15) is 19.0 Å². The minimum atomic E-state index is -0.162. The average Bonchev–Trinajstić information content (AvgIpc) is 2.95. The van der Waals surface area contributed by atoms with Gasteiger partial charge in [-0.1, -0.05) is 18.2 Å². The summed E-state index contributed by atoms with van der Waals surface area (Å²) in [6, 6.07) is 8.37. The predicted octanol–water partition coefficient (Wildman–Crippen LogP) is 1.62. The van der Waals surface area contributed by atoms with E-state index in [4.69, 9.17) is 0 Å². The van der Waals surface area contributed by atoms with Gasteiger partial charge in [0, 0.05) is 31.6 Å². The van der Waals surface area contributed by atoms with Gasteiger partial charge in [0.05, 0.1) is 17.3 Å². The molecule has 0 unspecified atom stereocenters. The molecule has 0 saturated carbocycles. The molecule has 4 nitrogen and oxygen atoms in total. The van der Waals surface area contributed by atoms with Crippen LogP contribution in [0.5, 0.6) is 0 Å². The van der Waals surface area contributed by atoms with Crippen LogP contribution in [-0.2, 0) is 13.1 Å². The molecular formula is C14H19N3O. The van der Waals surface area contributed by atoms with E-state index in [1.165, 1.54) is 10.9 Å². The Labute approximate surface area is 107 Å². The molecule has 1 saturated heterocycles. The van der Waals surface area contributed by atoms with Gasteiger partial charge in [-0.15, -0.1) is 0 Å². The molecule has 1 aliphatic heterocycles. The van der Waals surface area contributed by atoms with Gasteiger partial charge in [0.2, 0.25) is 0 Å². The summed E-state index contributed by atoms with van der Waals surface area (Å²) in [5.41, 5.74) is 2.33. The lowest BCUT2D eigenvalue weighted by molar-refractivity contribution is 0.174. The number of nitrogens with zero attached hydrogens (tertiary/aromatic N) is 3. The van der Waals surface area contributed by atoms with E-state index in [0.29, 0.717) is 0 Å². The van der Waals surface area contributed by atoms with Crippen molar-refractivity contribution in [3.63, 3.8) is 0 Å². The van der Waals surface area contributed by atoms with Crippen LogP contribution in [0, 0.1) is 0 Å². The maximum absolute atomic E-state index is 9.57. The summed E-state index contributed by atoms with van der Waals surface area (Å²) in [6.45, 7) is 5.58. The Hall–Kier alpha value is -1.39. The fraction of sp³-hybridized carbons (Fsp3) is 0.500. The second kappa shape index (κ2) is 4.71. The number of β-amino-alcohol motifs (C(OH)–C–C–N with tert-alkyl or cyclic N) is 1. The van der Waals surface area contributed by atoms with E-state index in [1.807, 2.05) is 0 Å². The molecule has 1 N–H and O–H groups in total. The van der Waals surface area contributed by atoms with Crippen LogP contribution in [0.15, 0.2) is 24.3 Å². The van der Waals surface area contributed by atoms with Crippen molar-refractivity contribution in [1.29, 1.82) is 0 Å². The highest BCUT2D eigenvalue weighted by Gasteiger charge is 2.22. The predicted molar refractivity (Wildman–Crippen MR) is 71.3 cm³/mol. The van der Waals surface area contributed by atoms with Crippen molar-refractivity contribution in [2.45, 2.75) is 32.5 Å². The first-order valence-electron chi connectivity index (χ1n) is 6.62. The molecule has 1 aliphatic rings.